The van der Waals surface area contributed by atoms with E-state index >= 15 is 0 Å². The van der Waals surface area contributed by atoms with Gasteiger partial charge in [-0.05, 0) is 91.9 Å². The standard InChI is InChI=1S/C32H33N5O4/c1-22-28(31(38)34-15-18-40-2)11-12-30-29(22)21-37(35-30)20-24-13-16-36(17-14-24)32(39)25-5-9-27(10-6-25)41-26-7-3-23(19-33)4-8-26/h3-12,21,24H,13-18,20H2,1-2H3,(H,34,38). The average molecular weight is 552 g/mol. The number of nitrogens with one attached hydrogen (secondary N) is 1. The van der Waals surface area contributed by atoms with Crippen LogP contribution >= 0.6 is 0 Å². The van der Waals surface area contributed by atoms with Crippen molar-refractivity contribution in [3.63, 3.8) is 0 Å². The highest BCUT2D eigenvalue weighted by Gasteiger charge is 2.24. The van der Waals surface area contributed by atoms with E-state index in [4.69, 9.17) is 19.8 Å². The fourth-order valence-electron chi connectivity index (χ4n) is 5.15. The summed E-state index contributed by atoms with van der Waals surface area (Å²) >= 11 is 0. The first-order valence-electron chi connectivity index (χ1n) is 13.8. The SMILES string of the molecule is COCCNC(=O)c1ccc2nn(CC3CCN(C(=O)c4ccc(Oc5ccc(C#N)cc5)cc4)CC3)cc2c1C. The van der Waals surface area contributed by atoms with Crippen LogP contribution in [0.1, 0.15) is 44.7 Å². The molecular formula is C32H33N5O4. The Labute approximate surface area is 239 Å². The number of rotatable bonds is 9. The molecule has 0 atom stereocenters. The molecule has 1 aliphatic heterocycles. The van der Waals surface area contributed by atoms with E-state index in [1.807, 2.05) is 34.8 Å². The molecular weight excluding hydrogens is 518 g/mol. The lowest BCUT2D eigenvalue weighted by Crippen LogP contribution is -2.39. The summed E-state index contributed by atoms with van der Waals surface area (Å²) in [4.78, 5) is 27.6. The van der Waals surface area contributed by atoms with Crippen molar-refractivity contribution in [1.82, 2.24) is 20.0 Å². The number of carbonyl (C=O) groups is 2. The van der Waals surface area contributed by atoms with Crippen molar-refractivity contribution in [2.45, 2.75) is 26.3 Å². The predicted molar refractivity (Wildman–Crippen MR) is 155 cm³/mol. The number of aryl methyl sites for hydroxylation is 1. The summed E-state index contributed by atoms with van der Waals surface area (Å²) in [6.07, 6.45) is 3.82. The van der Waals surface area contributed by atoms with E-state index in [1.54, 1.807) is 55.6 Å². The van der Waals surface area contributed by atoms with Crippen LogP contribution in [-0.4, -0.2) is 59.8 Å². The van der Waals surface area contributed by atoms with Gasteiger partial charge >= 0.3 is 0 Å². The summed E-state index contributed by atoms with van der Waals surface area (Å²) in [7, 11) is 1.61. The van der Waals surface area contributed by atoms with Crippen LogP contribution in [0.3, 0.4) is 0 Å². The van der Waals surface area contributed by atoms with Gasteiger partial charge in [0.15, 0.2) is 0 Å². The summed E-state index contributed by atoms with van der Waals surface area (Å²) in [6, 6.07) is 19.9. The van der Waals surface area contributed by atoms with Gasteiger partial charge in [0, 0.05) is 56.0 Å². The molecule has 9 heteroatoms. The maximum Gasteiger partial charge on any atom is 0.253 e. The molecule has 0 saturated carbocycles. The first-order chi connectivity index (χ1) is 19.9. The molecule has 3 aromatic carbocycles. The van der Waals surface area contributed by atoms with Crippen LogP contribution in [0.15, 0.2) is 66.9 Å². The summed E-state index contributed by atoms with van der Waals surface area (Å²) in [5.74, 6) is 1.58. The minimum absolute atomic E-state index is 0.0186. The topological polar surface area (TPSA) is 109 Å². The van der Waals surface area contributed by atoms with Crippen molar-refractivity contribution in [2.75, 3.05) is 33.4 Å². The van der Waals surface area contributed by atoms with Gasteiger partial charge in [-0.25, -0.2) is 0 Å². The Balaban J connectivity index is 1.14. The molecule has 9 nitrogen and oxygen atoms in total. The van der Waals surface area contributed by atoms with Gasteiger partial charge < -0.3 is 19.7 Å². The highest BCUT2D eigenvalue weighted by molar-refractivity contribution is 6.00. The number of nitrogens with zero attached hydrogens (tertiary/aromatic N) is 4. The van der Waals surface area contributed by atoms with Crippen LogP contribution < -0.4 is 10.1 Å². The summed E-state index contributed by atoms with van der Waals surface area (Å²) in [5, 5.41) is 17.5. The molecule has 0 aliphatic carbocycles. The number of piperidine rings is 1. The Bertz CT molecular complexity index is 1560. The van der Waals surface area contributed by atoms with Crippen molar-refractivity contribution in [2.24, 2.45) is 5.92 Å². The zero-order chi connectivity index (χ0) is 28.8. The number of fused-ring (bicyclic) bond motifs is 1. The molecule has 2 heterocycles. The lowest BCUT2D eigenvalue weighted by atomic mass is 9.96. The maximum atomic E-state index is 13.1. The van der Waals surface area contributed by atoms with Crippen molar-refractivity contribution in [1.29, 1.82) is 5.26 Å². The minimum Gasteiger partial charge on any atom is -0.457 e. The molecule has 5 rings (SSSR count). The number of amides is 2. The monoisotopic (exact) mass is 551 g/mol. The van der Waals surface area contributed by atoms with E-state index in [2.05, 4.69) is 11.4 Å². The first kappa shape index (κ1) is 27.9. The molecule has 210 valence electrons. The van der Waals surface area contributed by atoms with Gasteiger partial charge in [-0.1, -0.05) is 0 Å². The van der Waals surface area contributed by atoms with Crippen LogP contribution in [0.4, 0.5) is 0 Å². The second-order valence-corrected chi connectivity index (χ2v) is 10.3. The van der Waals surface area contributed by atoms with Gasteiger partial charge in [-0.3, -0.25) is 14.3 Å². The third kappa shape index (κ3) is 6.56. The fourth-order valence-corrected chi connectivity index (χ4v) is 5.15. The number of methoxy groups -OCH3 is 1. The Morgan fingerprint density at radius 3 is 2.37 bits per heavy atom. The van der Waals surface area contributed by atoms with E-state index in [9.17, 15) is 9.59 Å². The molecule has 4 aromatic rings. The van der Waals surface area contributed by atoms with Crippen LogP contribution in [-0.2, 0) is 11.3 Å². The number of benzene rings is 3. The minimum atomic E-state index is -0.111. The number of likely N-dealkylation sites (tertiary alicyclic amines) is 1. The number of carbonyl (C=O) groups excluding carboxylic acids is 2. The van der Waals surface area contributed by atoms with Crippen molar-refractivity contribution in [3.8, 4) is 17.6 Å². The summed E-state index contributed by atoms with van der Waals surface area (Å²) < 4.78 is 12.8. The lowest BCUT2D eigenvalue weighted by Gasteiger charge is -2.32. The van der Waals surface area contributed by atoms with Crippen molar-refractivity contribution >= 4 is 22.7 Å². The Kier molecular flexibility index (Phi) is 8.61. The molecule has 1 fully saturated rings. The zero-order valence-electron chi connectivity index (χ0n) is 23.3. The second kappa shape index (κ2) is 12.7. The number of nitriles is 1. The molecule has 0 radical (unpaired) electrons. The van der Waals surface area contributed by atoms with E-state index < -0.39 is 0 Å². The van der Waals surface area contributed by atoms with Gasteiger partial charge in [-0.15, -0.1) is 0 Å². The van der Waals surface area contributed by atoms with Crippen LogP contribution in [0.5, 0.6) is 11.5 Å². The van der Waals surface area contributed by atoms with Crippen LogP contribution in [0.2, 0.25) is 0 Å². The number of ether oxygens (including phenoxy) is 2. The Hall–Kier alpha value is -4.68. The molecule has 1 saturated heterocycles. The molecule has 1 aliphatic rings. The van der Waals surface area contributed by atoms with E-state index in [0.29, 0.717) is 60.3 Å². The number of hydrogen-bond donors (Lipinski definition) is 1. The number of hydrogen-bond acceptors (Lipinski definition) is 6. The predicted octanol–water partition coefficient (Wildman–Crippen LogP) is 4.94. The quantitative estimate of drug-likeness (QED) is 0.295. The van der Waals surface area contributed by atoms with Gasteiger partial charge in [0.25, 0.3) is 11.8 Å². The van der Waals surface area contributed by atoms with Gasteiger partial charge in [0.05, 0.1) is 23.8 Å². The van der Waals surface area contributed by atoms with Crippen molar-refractivity contribution < 1.29 is 19.1 Å². The fraction of sp³-hybridized carbons (Fsp3) is 0.312. The third-order valence-electron chi connectivity index (χ3n) is 7.51. The molecule has 2 amide bonds. The molecule has 1 N–H and O–H groups in total. The molecule has 0 spiro atoms. The molecule has 0 bridgehead atoms. The van der Waals surface area contributed by atoms with E-state index in [1.165, 1.54) is 0 Å². The van der Waals surface area contributed by atoms with Gasteiger partial charge in [0.1, 0.15) is 11.5 Å². The normalized spacial score (nSPS) is 13.6. The van der Waals surface area contributed by atoms with Crippen molar-refractivity contribution in [3.05, 3.63) is 89.1 Å². The van der Waals surface area contributed by atoms with Gasteiger partial charge in [-0.2, -0.15) is 10.4 Å². The molecule has 1 aromatic heterocycles. The van der Waals surface area contributed by atoms with E-state index in [0.717, 1.165) is 35.9 Å². The molecule has 0 unspecified atom stereocenters. The lowest BCUT2D eigenvalue weighted by molar-refractivity contribution is 0.0681. The smallest absolute Gasteiger partial charge is 0.253 e. The maximum absolute atomic E-state index is 13.1. The van der Waals surface area contributed by atoms with Crippen LogP contribution in [0, 0.1) is 24.2 Å². The van der Waals surface area contributed by atoms with Crippen LogP contribution in [0.25, 0.3) is 10.9 Å². The van der Waals surface area contributed by atoms with E-state index in [-0.39, 0.29) is 11.8 Å². The zero-order valence-corrected chi connectivity index (χ0v) is 23.3. The Morgan fingerprint density at radius 1 is 1.02 bits per heavy atom. The summed E-state index contributed by atoms with van der Waals surface area (Å²) in [5.41, 5.74) is 3.64. The average Bonchev–Trinajstić information content (AvgIpc) is 3.42. The highest BCUT2D eigenvalue weighted by Crippen LogP contribution is 2.26. The number of aromatic nitrogens is 2. The Morgan fingerprint density at radius 2 is 1.71 bits per heavy atom. The van der Waals surface area contributed by atoms with Gasteiger partial charge in [0.2, 0.25) is 0 Å². The molecule has 41 heavy (non-hydrogen) atoms. The first-order valence-corrected chi connectivity index (χ1v) is 13.8. The second-order valence-electron chi connectivity index (χ2n) is 10.3. The largest absolute Gasteiger partial charge is 0.457 e. The third-order valence-corrected chi connectivity index (χ3v) is 7.51. The summed E-state index contributed by atoms with van der Waals surface area (Å²) in [6.45, 7) is 5.05. The highest BCUT2D eigenvalue weighted by atomic mass is 16.5.